The lowest BCUT2D eigenvalue weighted by Gasteiger charge is -2.46. The molecule has 0 aliphatic carbocycles. The van der Waals surface area contributed by atoms with E-state index in [4.69, 9.17) is 16.3 Å². The number of hydrogen-bond donors (Lipinski definition) is 2. The van der Waals surface area contributed by atoms with Gasteiger partial charge >= 0.3 is 0 Å². The fraction of sp³-hybridized carbons (Fsp3) is 0.444. The molecular weight excluding hydrogens is 349 g/mol. The van der Waals surface area contributed by atoms with E-state index in [-0.39, 0.29) is 23.4 Å². The van der Waals surface area contributed by atoms with Crippen molar-refractivity contribution < 1.29 is 14.2 Å². The van der Waals surface area contributed by atoms with Crippen LogP contribution in [-0.4, -0.2) is 17.8 Å². The molecular formula is C18H19ClFNO2S. The third-order valence-electron chi connectivity index (χ3n) is 4.97. The Morgan fingerprint density at radius 1 is 1.38 bits per heavy atom. The highest BCUT2D eigenvalue weighted by Gasteiger charge is 2.46. The summed E-state index contributed by atoms with van der Waals surface area (Å²) < 4.78 is 20.9. The van der Waals surface area contributed by atoms with E-state index in [1.54, 1.807) is 17.4 Å². The summed E-state index contributed by atoms with van der Waals surface area (Å²) in [4.78, 5) is 1.22. The summed E-state index contributed by atoms with van der Waals surface area (Å²) in [5.41, 5.74) is 1.74. The molecule has 3 atom stereocenters. The van der Waals surface area contributed by atoms with Crippen LogP contribution in [0.2, 0.25) is 4.34 Å². The molecule has 1 saturated heterocycles. The van der Waals surface area contributed by atoms with Gasteiger partial charge in [-0.05, 0) is 49.1 Å². The summed E-state index contributed by atoms with van der Waals surface area (Å²) in [6.07, 6.45) is 2.49. The van der Waals surface area contributed by atoms with Gasteiger partial charge in [-0.3, -0.25) is 0 Å². The van der Waals surface area contributed by atoms with Crippen LogP contribution in [0.5, 0.6) is 5.75 Å². The number of thiophene rings is 1. The lowest BCUT2D eigenvalue weighted by atomic mass is 9.78. The molecule has 0 amide bonds. The number of aromatic hydroxyl groups is 1. The standard InChI is InChI=1S/C18H19ClFNO2S/c1-10-8-18(17-12(4-5-23-18)7-16(19)24-17)9-14(21-10)11-2-3-15(22)13(20)6-11/h2-3,6-7,10,14,21-22H,4-5,8-9H2,1H3/t10-,14-,18-/m0/s1. The van der Waals surface area contributed by atoms with Crippen molar-refractivity contribution in [2.75, 3.05) is 6.61 Å². The Balaban J connectivity index is 1.72. The SMILES string of the molecule is C[C@H]1C[C@@]2(C[C@@H](c3ccc(O)c(F)c3)N1)OCCc1cc(Cl)sc12. The summed E-state index contributed by atoms with van der Waals surface area (Å²) in [6, 6.07) is 6.83. The van der Waals surface area contributed by atoms with Crippen molar-refractivity contribution in [1.29, 1.82) is 0 Å². The van der Waals surface area contributed by atoms with Gasteiger partial charge in [0.2, 0.25) is 0 Å². The molecule has 4 rings (SSSR count). The van der Waals surface area contributed by atoms with Crippen molar-refractivity contribution in [1.82, 2.24) is 5.32 Å². The first-order chi connectivity index (χ1) is 11.5. The van der Waals surface area contributed by atoms with Crippen LogP contribution in [0.3, 0.4) is 0 Å². The van der Waals surface area contributed by atoms with Crippen molar-refractivity contribution in [3.63, 3.8) is 0 Å². The fourth-order valence-electron chi connectivity index (χ4n) is 4.01. The van der Waals surface area contributed by atoms with Gasteiger partial charge in [-0.1, -0.05) is 17.7 Å². The number of benzene rings is 1. The minimum absolute atomic E-state index is 0.0318. The number of rotatable bonds is 1. The number of hydrogen-bond acceptors (Lipinski definition) is 4. The highest BCUT2D eigenvalue weighted by Crippen LogP contribution is 2.50. The normalized spacial score (nSPS) is 29.6. The molecule has 0 bridgehead atoms. The quantitative estimate of drug-likeness (QED) is 0.778. The second-order valence-electron chi connectivity index (χ2n) is 6.74. The first-order valence-electron chi connectivity index (χ1n) is 8.14. The van der Waals surface area contributed by atoms with Gasteiger partial charge in [0.15, 0.2) is 11.6 Å². The second-order valence-corrected chi connectivity index (χ2v) is 8.42. The van der Waals surface area contributed by atoms with Gasteiger partial charge in [-0.15, -0.1) is 11.3 Å². The zero-order chi connectivity index (χ0) is 16.9. The molecule has 0 saturated carbocycles. The molecule has 2 aromatic rings. The number of ether oxygens (including phenoxy) is 1. The molecule has 2 N–H and O–H groups in total. The maximum atomic E-state index is 13.8. The van der Waals surface area contributed by atoms with Crippen molar-refractivity contribution in [3.8, 4) is 5.75 Å². The average Bonchev–Trinajstić information content (AvgIpc) is 2.92. The van der Waals surface area contributed by atoms with Gasteiger partial charge in [0, 0.05) is 23.4 Å². The highest BCUT2D eigenvalue weighted by atomic mass is 35.5. The average molecular weight is 368 g/mol. The predicted octanol–water partition coefficient (Wildman–Crippen LogP) is 4.53. The van der Waals surface area contributed by atoms with E-state index in [1.165, 1.54) is 22.6 Å². The molecule has 1 spiro atoms. The summed E-state index contributed by atoms with van der Waals surface area (Å²) >= 11 is 7.85. The van der Waals surface area contributed by atoms with Gasteiger partial charge in [-0.25, -0.2) is 4.39 Å². The lowest BCUT2D eigenvalue weighted by molar-refractivity contribution is -0.0954. The minimum Gasteiger partial charge on any atom is -0.505 e. The molecule has 128 valence electrons. The van der Waals surface area contributed by atoms with E-state index >= 15 is 0 Å². The molecule has 1 aromatic heterocycles. The van der Waals surface area contributed by atoms with Crippen LogP contribution in [0.25, 0.3) is 0 Å². The maximum absolute atomic E-state index is 13.8. The zero-order valence-electron chi connectivity index (χ0n) is 13.3. The molecule has 2 aliphatic rings. The molecule has 0 unspecified atom stereocenters. The van der Waals surface area contributed by atoms with Gasteiger partial charge in [0.05, 0.1) is 10.9 Å². The van der Waals surface area contributed by atoms with Gasteiger partial charge in [0.25, 0.3) is 0 Å². The van der Waals surface area contributed by atoms with Crippen LogP contribution >= 0.6 is 22.9 Å². The summed E-state index contributed by atoms with van der Waals surface area (Å²) in [6.45, 7) is 2.81. The van der Waals surface area contributed by atoms with Gasteiger partial charge in [0.1, 0.15) is 5.60 Å². The van der Waals surface area contributed by atoms with E-state index in [1.807, 2.05) is 6.07 Å². The first-order valence-corrected chi connectivity index (χ1v) is 9.33. The maximum Gasteiger partial charge on any atom is 0.165 e. The summed E-state index contributed by atoms with van der Waals surface area (Å²) in [7, 11) is 0. The number of phenolic OH excluding ortho intramolecular Hbond substituents is 1. The van der Waals surface area contributed by atoms with E-state index in [2.05, 4.69) is 12.2 Å². The van der Waals surface area contributed by atoms with Crippen molar-refractivity contribution >= 4 is 22.9 Å². The van der Waals surface area contributed by atoms with Crippen molar-refractivity contribution in [2.24, 2.45) is 0 Å². The topological polar surface area (TPSA) is 41.5 Å². The van der Waals surface area contributed by atoms with Crippen LogP contribution in [0.15, 0.2) is 24.3 Å². The number of halogens is 2. The van der Waals surface area contributed by atoms with Crippen LogP contribution in [0.4, 0.5) is 4.39 Å². The molecule has 1 fully saturated rings. The van der Waals surface area contributed by atoms with Crippen molar-refractivity contribution in [2.45, 2.75) is 43.9 Å². The molecule has 2 aliphatic heterocycles. The van der Waals surface area contributed by atoms with Crippen LogP contribution in [0, 0.1) is 5.82 Å². The van der Waals surface area contributed by atoms with Crippen LogP contribution < -0.4 is 5.32 Å². The molecule has 1 aromatic carbocycles. The monoisotopic (exact) mass is 367 g/mol. The third-order valence-corrected chi connectivity index (χ3v) is 6.46. The first kappa shape index (κ1) is 16.3. The van der Waals surface area contributed by atoms with Gasteiger partial charge < -0.3 is 15.2 Å². The minimum atomic E-state index is -0.592. The Morgan fingerprint density at radius 3 is 3.00 bits per heavy atom. The zero-order valence-corrected chi connectivity index (χ0v) is 14.9. The van der Waals surface area contributed by atoms with Crippen LogP contribution in [-0.2, 0) is 16.8 Å². The highest BCUT2D eigenvalue weighted by molar-refractivity contribution is 7.16. The van der Waals surface area contributed by atoms with Crippen LogP contribution in [0.1, 0.15) is 41.8 Å². The molecule has 0 radical (unpaired) electrons. The Bertz CT molecular complexity index is 780. The number of fused-ring (bicyclic) bond motifs is 2. The summed E-state index contributed by atoms with van der Waals surface area (Å²) in [5.74, 6) is -0.912. The van der Waals surface area contributed by atoms with E-state index in [0.717, 1.165) is 29.2 Å². The number of nitrogens with one attached hydrogen (secondary N) is 1. The Hall–Kier alpha value is -1.14. The second kappa shape index (κ2) is 5.99. The van der Waals surface area contributed by atoms with Crippen molar-refractivity contribution in [3.05, 3.63) is 50.4 Å². The predicted molar refractivity (Wildman–Crippen MR) is 93.3 cm³/mol. The Morgan fingerprint density at radius 2 is 2.21 bits per heavy atom. The smallest absolute Gasteiger partial charge is 0.165 e. The number of piperidine rings is 1. The molecule has 3 nitrogen and oxygen atoms in total. The largest absolute Gasteiger partial charge is 0.505 e. The van der Waals surface area contributed by atoms with E-state index in [0.29, 0.717) is 6.61 Å². The number of phenols is 1. The molecule has 24 heavy (non-hydrogen) atoms. The Kier molecular flexibility index (Phi) is 4.07. The third kappa shape index (κ3) is 2.73. The van der Waals surface area contributed by atoms with E-state index < -0.39 is 5.82 Å². The fourth-order valence-corrected chi connectivity index (χ4v) is 5.48. The van der Waals surface area contributed by atoms with Gasteiger partial charge in [-0.2, -0.15) is 0 Å². The molecule has 3 heterocycles. The summed E-state index contributed by atoms with van der Waals surface area (Å²) in [5, 5.41) is 13.0. The van der Waals surface area contributed by atoms with E-state index in [9.17, 15) is 9.50 Å². The lowest BCUT2D eigenvalue weighted by Crippen LogP contribution is -2.49. The Labute approximate surface area is 149 Å². The molecule has 6 heteroatoms.